The summed E-state index contributed by atoms with van der Waals surface area (Å²) in [5.74, 6) is 2.04. The van der Waals surface area contributed by atoms with Crippen LogP contribution in [0.4, 0.5) is 0 Å². The van der Waals surface area contributed by atoms with E-state index in [1.165, 1.54) is 6.92 Å². The number of hydrogen-bond donors (Lipinski definition) is 1. The highest BCUT2D eigenvalue weighted by Crippen LogP contribution is 2.16. The van der Waals surface area contributed by atoms with Crippen molar-refractivity contribution in [1.29, 1.82) is 0 Å². The average Bonchev–Trinajstić information content (AvgIpc) is 2.04. The molecular formula is C9H15NO2S. The number of amides is 1. The maximum atomic E-state index is 11.2. The fourth-order valence-electron chi connectivity index (χ4n) is 1.35. The van der Waals surface area contributed by atoms with Crippen molar-refractivity contribution >= 4 is 23.5 Å². The molecule has 4 heteroatoms. The van der Waals surface area contributed by atoms with Crippen molar-refractivity contribution < 1.29 is 9.59 Å². The highest BCUT2D eigenvalue weighted by atomic mass is 32.2. The molecule has 0 aliphatic carbocycles. The summed E-state index contributed by atoms with van der Waals surface area (Å²) >= 11 is 1.92. The molecule has 3 nitrogen and oxygen atoms in total. The Morgan fingerprint density at radius 1 is 1.38 bits per heavy atom. The molecule has 0 unspecified atom stereocenters. The van der Waals surface area contributed by atoms with Gasteiger partial charge in [-0.1, -0.05) is 0 Å². The molecule has 0 bridgehead atoms. The Morgan fingerprint density at radius 2 is 2.00 bits per heavy atom. The lowest BCUT2D eigenvalue weighted by Crippen LogP contribution is -2.37. The molecule has 0 aromatic heterocycles. The van der Waals surface area contributed by atoms with Crippen LogP contribution in [0.2, 0.25) is 0 Å². The minimum absolute atomic E-state index is 0.0314. The second-order valence-corrected chi connectivity index (χ2v) is 4.56. The first-order chi connectivity index (χ1) is 6.18. The smallest absolute Gasteiger partial charge is 0.227 e. The van der Waals surface area contributed by atoms with Crippen molar-refractivity contribution in [1.82, 2.24) is 5.32 Å². The van der Waals surface area contributed by atoms with Crippen LogP contribution in [0.5, 0.6) is 0 Å². The van der Waals surface area contributed by atoms with Gasteiger partial charge >= 0.3 is 0 Å². The summed E-state index contributed by atoms with van der Waals surface area (Å²) in [6.07, 6.45) is 2.10. The molecule has 0 spiro atoms. The molecule has 1 aliphatic heterocycles. The van der Waals surface area contributed by atoms with Gasteiger partial charge in [-0.15, -0.1) is 0 Å². The molecule has 0 atom stereocenters. The topological polar surface area (TPSA) is 46.2 Å². The van der Waals surface area contributed by atoms with Gasteiger partial charge in [0.05, 0.1) is 6.42 Å². The zero-order valence-corrected chi connectivity index (χ0v) is 8.65. The summed E-state index contributed by atoms with van der Waals surface area (Å²) in [5, 5.41) is 2.88. The van der Waals surface area contributed by atoms with Crippen LogP contribution in [-0.4, -0.2) is 29.2 Å². The molecule has 1 rings (SSSR count). The first kappa shape index (κ1) is 10.6. The van der Waals surface area contributed by atoms with Crippen LogP contribution in [0.25, 0.3) is 0 Å². The number of carbonyl (C=O) groups excluding carboxylic acids is 2. The number of thioether (sulfide) groups is 1. The van der Waals surface area contributed by atoms with Gasteiger partial charge in [-0.2, -0.15) is 11.8 Å². The zero-order valence-electron chi connectivity index (χ0n) is 7.84. The lowest BCUT2D eigenvalue weighted by Gasteiger charge is -2.22. The molecule has 1 amide bonds. The predicted molar refractivity (Wildman–Crippen MR) is 53.8 cm³/mol. The number of nitrogens with one attached hydrogen (secondary N) is 1. The van der Waals surface area contributed by atoms with Crippen molar-refractivity contribution in [3.8, 4) is 0 Å². The highest BCUT2D eigenvalue weighted by Gasteiger charge is 2.16. The van der Waals surface area contributed by atoms with Crippen LogP contribution < -0.4 is 5.32 Å². The van der Waals surface area contributed by atoms with Gasteiger partial charge in [0.2, 0.25) is 5.91 Å². The molecule has 1 fully saturated rings. The summed E-state index contributed by atoms with van der Waals surface area (Å²) < 4.78 is 0. The third-order valence-electron chi connectivity index (χ3n) is 2.00. The summed E-state index contributed by atoms with van der Waals surface area (Å²) in [7, 11) is 0. The fourth-order valence-corrected chi connectivity index (χ4v) is 2.45. The van der Waals surface area contributed by atoms with Crippen LogP contribution in [0.15, 0.2) is 0 Å². The highest BCUT2D eigenvalue weighted by molar-refractivity contribution is 7.99. The molecule has 1 heterocycles. The second-order valence-electron chi connectivity index (χ2n) is 3.33. The van der Waals surface area contributed by atoms with E-state index in [1.807, 2.05) is 11.8 Å². The molecule has 1 saturated heterocycles. The summed E-state index contributed by atoms with van der Waals surface area (Å²) in [4.78, 5) is 21.8. The van der Waals surface area contributed by atoms with Crippen LogP contribution >= 0.6 is 11.8 Å². The van der Waals surface area contributed by atoms with Gasteiger partial charge in [0, 0.05) is 6.04 Å². The minimum atomic E-state index is -0.121. The van der Waals surface area contributed by atoms with Gasteiger partial charge in [-0.05, 0) is 31.3 Å². The van der Waals surface area contributed by atoms with Crippen molar-refractivity contribution in [3.63, 3.8) is 0 Å². The molecule has 0 aromatic carbocycles. The van der Waals surface area contributed by atoms with E-state index in [0.717, 1.165) is 24.3 Å². The largest absolute Gasteiger partial charge is 0.353 e. The molecular weight excluding hydrogens is 186 g/mol. The fraction of sp³-hybridized carbons (Fsp3) is 0.778. The number of ketones is 1. The molecule has 1 N–H and O–H groups in total. The van der Waals surface area contributed by atoms with Crippen LogP contribution in [0, 0.1) is 0 Å². The molecule has 74 valence electrons. The minimum Gasteiger partial charge on any atom is -0.353 e. The molecule has 1 aliphatic rings. The first-order valence-electron chi connectivity index (χ1n) is 4.55. The quantitative estimate of drug-likeness (QED) is 0.692. The van der Waals surface area contributed by atoms with Gasteiger partial charge in [0.25, 0.3) is 0 Å². The lowest BCUT2D eigenvalue weighted by atomic mass is 10.1. The average molecular weight is 201 g/mol. The zero-order chi connectivity index (χ0) is 9.68. The predicted octanol–water partition coefficient (Wildman–Crippen LogP) is 0.977. The summed E-state index contributed by atoms with van der Waals surface area (Å²) in [6.45, 7) is 1.44. The molecule has 0 saturated carbocycles. The SMILES string of the molecule is CC(=O)CC(=O)NC1CCSCC1. The van der Waals surface area contributed by atoms with E-state index in [1.54, 1.807) is 0 Å². The molecule has 13 heavy (non-hydrogen) atoms. The summed E-state index contributed by atoms with van der Waals surface area (Å²) in [6, 6.07) is 0.299. The van der Waals surface area contributed by atoms with Gasteiger partial charge in [0.15, 0.2) is 0 Å². The van der Waals surface area contributed by atoms with E-state index in [9.17, 15) is 9.59 Å². The Labute approximate surface area is 82.6 Å². The van der Waals surface area contributed by atoms with Gasteiger partial charge in [-0.3, -0.25) is 9.59 Å². The monoisotopic (exact) mass is 201 g/mol. The Balaban J connectivity index is 2.22. The van der Waals surface area contributed by atoms with Crippen LogP contribution in [0.3, 0.4) is 0 Å². The van der Waals surface area contributed by atoms with Gasteiger partial charge < -0.3 is 5.32 Å². The van der Waals surface area contributed by atoms with E-state index >= 15 is 0 Å². The van der Waals surface area contributed by atoms with Crippen molar-refractivity contribution in [3.05, 3.63) is 0 Å². The standard InChI is InChI=1S/C9H15NO2S/c1-7(11)6-9(12)10-8-2-4-13-5-3-8/h8H,2-6H2,1H3,(H,10,12). The first-order valence-corrected chi connectivity index (χ1v) is 5.70. The third-order valence-corrected chi connectivity index (χ3v) is 3.04. The Hall–Kier alpha value is -0.510. The Morgan fingerprint density at radius 3 is 2.54 bits per heavy atom. The van der Waals surface area contributed by atoms with Gasteiger partial charge in [0.1, 0.15) is 5.78 Å². The van der Waals surface area contributed by atoms with E-state index in [0.29, 0.717) is 6.04 Å². The van der Waals surface area contributed by atoms with Crippen molar-refractivity contribution in [2.75, 3.05) is 11.5 Å². The van der Waals surface area contributed by atoms with E-state index in [2.05, 4.69) is 5.32 Å². The van der Waals surface area contributed by atoms with Crippen LogP contribution in [0.1, 0.15) is 26.2 Å². The third kappa shape index (κ3) is 4.31. The Bertz CT molecular complexity index is 200. The number of Topliss-reactive ketones (excluding diaryl/α,β-unsaturated/α-hetero) is 1. The second kappa shape index (κ2) is 5.27. The maximum absolute atomic E-state index is 11.2. The molecule has 0 aromatic rings. The van der Waals surface area contributed by atoms with Crippen LogP contribution in [-0.2, 0) is 9.59 Å². The van der Waals surface area contributed by atoms with Crippen molar-refractivity contribution in [2.45, 2.75) is 32.2 Å². The lowest BCUT2D eigenvalue weighted by molar-refractivity contribution is -0.127. The Kier molecular flexibility index (Phi) is 4.28. The number of hydrogen-bond acceptors (Lipinski definition) is 3. The summed E-state index contributed by atoms with van der Waals surface area (Å²) in [5.41, 5.74) is 0. The van der Waals surface area contributed by atoms with E-state index in [4.69, 9.17) is 0 Å². The van der Waals surface area contributed by atoms with Gasteiger partial charge in [-0.25, -0.2) is 0 Å². The number of rotatable bonds is 3. The van der Waals surface area contributed by atoms with E-state index in [-0.39, 0.29) is 18.1 Å². The maximum Gasteiger partial charge on any atom is 0.227 e. The van der Waals surface area contributed by atoms with E-state index < -0.39 is 0 Å². The molecule has 0 radical (unpaired) electrons. The van der Waals surface area contributed by atoms with Crippen molar-refractivity contribution in [2.24, 2.45) is 0 Å². The number of carbonyl (C=O) groups is 2. The normalized spacial score (nSPS) is 18.2.